The van der Waals surface area contributed by atoms with E-state index in [4.69, 9.17) is 32.3 Å². The molecular formula is C103H186O16P2. The van der Waals surface area contributed by atoms with E-state index in [9.17, 15) is 43.5 Å². The average Bonchev–Trinajstić information content (AvgIpc) is 0.890. The Kier molecular flexibility index (Phi) is 92.3. The van der Waals surface area contributed by atoms with Crippen LogP contribution >= 0.6 is 15.6 Å². The number of allylic oxidation sites excluding steroid dienone is 18. The van der Waals surface area contributed by atoms with E-state index >= 15 is 0 Å². The van der Waals surface area contributed by atoms with E-state index in [-0.39, 0.29) is 19.3 Å². The van der Waals surface area contributed by atoms with E-state index in [0.717, 1.165) is 116 Å². The standard InChI is InChI=1S/C103H186O16P2/c1-4-7-10-13-16-19-22-25-28-30-32-34-36-38-40-42-44-46-48-50-52-54-56-58-60-62-64-66-69-71-74-77-80-83-86-89-101(106)113-92-98(104)93-115-120(109,110)116-94-99(105)95-117-121(111,112)118-97-100(119-103(108)91-88-85-82-79-76-73-68-27-24-21-18-15-12-9-6-3)96-114-102(107)90-87-84-81-78-75-72-70-67-65-63-61-59-57-55-53-51-49-47-45-43-41-39-37-35-33-31-29-26-23-20-17-14-11-8-5-2/h7,10,16-17,19-20,25-26,28-29,32-35,38-41,98-100,104-105H,4-6,8-9,11-15,18,21-24,27,30-31,36-37,42-97H2,1-3H3,(H,109,110)(H,111,112)/b10-7-,19-16-,20-17-,28-25-,29-26-,34-32-,35-33-,40-38-,41-39-. The Labute approximate surface area is 742 Å². The summed E-state index contributed by atoms with van der Waals surface area (Å²) in [6, 6.07) is 0. The molecule has 0 bridgehead atoms. The summed E-state index contributed by atoms with van der Waals surface area (Å²) in [5, 5.41) is 20.8. The minimum absolute atomic E-state index is 0.112. The molecule has 0 rings (SSSR count). The molecule has 5 atom stereocenters. The van der Waals surface area contributed by atoms with Crippen LogP contribution in [0.1, 0.15) is 470 Å². The smallest absolute Gasteiger partial charge is 0.463 e. The summed E-state index contributed by atoms with van der Waals surface area (Å²) in [7, 11) is -9.79. The van der Waals surface area contributed by atoms with Gasteiger partial charge in [-0.2, -0.15) is 0 Å². The van der Waals surface area contributed by atoms with Gasteiger partial charge in [-0.15, -0.1) is 0 Å². The van der Waals surface area contributed by atoms with E-state index < -0.39 is 91.5 Å². The number of aliphatic hydroxyl groups is 2. The summed E-state index contributed by atoms with van der Waals surface area (Å²) >= 11 is 0. The Hall–Kier alpha value is -3.79. The molecule has 4 N–H and O–H groups in total. The Morgan fingerprint density at radius 1 is 0.240 bits per heavy atom. The van der Waals surface area contributed by atoms with Gasteiger partial charge in [-0.25, -0.2) is 9.13 Å². The Bertz CT molecular complexity index is 2630. The summed E-state index contributed by atoms with van der Waals surface area (Å²) in [5.41, 5.74) is 0. The highest BCUT2D eigenvalue weighted by atomic mass is 31.2. The number of carbonyl (C=O) groups excluding carboxylic acids is 3. The normalized spacial score (nSPS) is 14.1. The zero-order valence-electron chi connectivity index (χ0n) is 77.9. The maximum atomic E-state index is 13.0. The van der Waals surface area contributed by atoms with E-state index in [2.05, 4.69) is 130 Å². The minimum atomic E-state index is -4.93. The number of phosphoric acid groups is 2. The van der Waals surface area contributed by atoms with Crippen molar-refractivity contribution >= 4 is 33.6 Å². The summed E-state index contributed by atoms with van der Waals surface area (Å²) in [6.07, 6.45) is 117. The van der Waals surface area contributed by atoms with Gasteiger partial charge in [0.15, 0.2) is 6.10 Å². The first-order chi connectivity index (χ1) is 59.2. The third-order valence-corrected chi connectivity index (χ3v) is 23.9. The van der Waals surface area contributed by atoms with Gasteiger partial charge in [0.1, 0.15) is 25.4 Å². The van der Waals surface area contributed by atoms with Crippen LogP contribution in [-0.4, -0.2) is 95.9 Å². The topological polar surface area (TPSA) is 231 Å². The third-order valence-electron chi connectivity index (χ3n) is 22.0. The van der Waals surface area contributed by atoms with Gasteiger partial charge in [0.05, 0.1) is 26.4 Å². The zero-order valence-corrected chi connectivity index (χ0v) is 79.7. The maximum absolute atomic E-state index is 13.0. The van der Waals surface area contributed by atoms with E-state index in [1.165, 1.54) is 295 Å². The molecule has 18 heteroatoms. The van der Waals surface area contributed by atoms with Crippen molar-refractivity contribution in [3.8, 4) is 0 Å². The van der Waals surface area contributed by atoms with E-state index in [1.807, 2.05) is 0 Å². The van der Waals surface area contributed by atoms with Crippen LogP contribution in [0, 0.1) is 0 Å². The van der Waals surface area contributed by atoms with Crippen LogP contribution < -0.4 is 0 Å². The predicted octanol–water partition coefficient (Wildman–Crippen LogP) is 31.3. The van der Waals surface area contributed by atoms with Crippen molar-refractivity contribution in [3.63, 3.8) is 0 Å². The van der Waals surface area contributed by atoms with Gasteiger partial charge in [0.25, 0.3) is 0 Å². The number of aliphatic hydroxyl groups excluding tert-OH is 2. The number of rotatable bonds is 96. The predicted molar refractivity (Wildman–Crippen MR) is 510 cm³/mol. The number of esters is 3. The lowest BCUT2D eigenvalue weighted by atomic mass is 10.0. The molecule has 16 nitrogen and oxygen atoms in total. The Morgan fingerprint density at radius 2 is 0.438 bits per heavy atom. The second-order valence-corrected chi connectivity index (χ2v) is 36.8. The van der Waals surface area contributed by atoms with Crippen LogP contribution in [0.15, 0.2) is 109 Å². The molecule has 0 aromatic rings. The maximum Gasteiger partial charge on any atom is 0.472 e. The molecule has 0 heterocycles. The largest absolute Gasteiger partial charge is 0.472 e. The summed E-state index contributed by atoms with van der Waals surface area (Å²) in [5.74, 6) is -1.54. The highest BCUT2D eigenvalue weighted by Gasteiger charge is 2.30. The van der Waals surface area contributed by atoms with E-state index in [1.54, 1.807) is 0 Å². The molecule has 0 saturated carbocycles. The average molecular weight is 1740 g/mol. The molecule has 0 aliphatic heterocycles. The number of phosphoric ester groups is 2. The van der Waals surface area contributed by atoms with Gasteiger partial charge in [0, 0.05) is 19.3 Å². The Morgan fingerprint density at radius 3 is 0.711 bits per heavy atom. The third kappa shape index (κ3) is 96.7. The molecule has 0 spiro atoms. The van der Waals surface area contributed by atoms with Crippen molar-refractivity contribution in [1.82, 2.24) is 0 Å². The summed E-state index contributed by atoms with van der Waals surface area (Å²) in [4.78, 5) is 59.0. The van der Waals surface area contributed by atoms with Gasteiger partial charge >= 0.3 is 33.6 Å². The first-order valence-corrected chi connectivity index (χ1v) is 53.2. The highest BCUT2D eigenvalue weighted by Crippen LogP contribution is 2.45. The van der Waals surface area contributed by atoms with Gasteiger partial charge < -0.3 is 34.2 Å². The molecule has 121 heavy (non-hydrogen) atoms. The number of hydrogen-bond donors (Lipinski definition) is 4. The first kappa shape index (κ1) is 117. The molecule has 0 radical (unpaired) electrons. The molecule has 0 amide bonds. The minimum Gasteiger partial charge on any atom is -0.463 e. The fourth-order valence-corrected chi connectivity index (χ4v) is 16.0. The fourth-order valence-electron chi connectivity index (χ4n) is 14.4. The lowest BCUT2D eigenvalue weighted by Gasteiger charge is -2.21. The lowest BCUT2D eigenvalue weighted by Crippen LogP contribution is -2.30. The van der Waals surface area contributed by atoms with Crippen molar-refractivity contribution in [1.29, 1.82) is 0 Å². The lowest BCUT2D eigenvalue weighted by molar-refractivity contribution is -0.161. The number of ether oxygens (including phenoxy) is 3. The zero-order chi connectivity index (χ0) is 87.9. The molecule has 0 fully saturated rings. The van der Waals surface area contributed by atoms with Crippen LogP contribution in [0.3, 0.4) is 0 Å². The molecule has 5 unspecified atom stereocenters. The van der Waals surface area contributed by atoms with Crippen LogP contribution in [0.4, 0.5) is 0 Å². The van der Waals surface area contributed by atoms with Crippen molar-refractivity contribution in [2.24, 2.45) is 0 Å². The Balaban J connectivity index is 4.37. The van der Waals surface area contributed by atoms with Crippen molar-refractivity contribution in [3.05, 3.63) is 109 Å². The van der Waals surface area contributed by atoms with Crippen molar-refractivity contribution < 1.29 is 75.8 Å². The van der Waals surface area contributed by atoms with Crippen molar-refractivity contribution in [2.75, 3.05) is 39.6 Å². The van der Waals surface area contributed by atoms with Gasteiger partial charge in [0.2, 0.25) is 0 Å². The summed E-state index contributed by atoms with van der Waals surface area (Å²) < 4.78 is 61.6. The van der Waals surface area contributed by atoms with Gasteiger partial charge in [-0.1, -0.05) is 451 Å². The molecule has 0 aliphatic rings. The molecule has 0 aromatic heterocycles. The van der Waals surface area contributed by atoms with Gasteiger partial charge in [-0.05, 0) is 109 Å². The number of unbranched alkanes of at least 4 members (excludes halogenated alkanes) is 55. The monoisotopic (exact) mass is 1740 g/mol. The van der Waals surface area contributed by atoms with Crippen molar-refractivity contribution in [2.45, 2.75) is 489 Å². The number of hydrogen-bond acceptors (Lipinski definition) is 14. The second-order valence-electron chi connectivity index (χ2n) is 33.9. The summed E-state index contributed by atoms with van der Waals surface area (Å²) in [6.45, 7) is 2.65. The molecular weight excluding hydrogens is 1560 g/mol. The number of carbonyl (C=O) groups is 3. The quantitative estimate of drug-likeness (QED) is 0.0146. The molecule has 0 aromatic carbocycles. The van der Waals surface area contributed by atoms with Gasteiger partial charge in [-0.3, -0.25) is 32.5 Å². The van der Waals surface area contributed by atoms with Crippen LogP contribution in [0.25, 0.3) is 0 Å². The molecule has 0 aliphatic carbocycles. The van der Waals surface area contributed by atoms with Crippen LogP contribution in [0.5, 0.6) is 0 Å². The fraction of sp³-hybridized carbons (Fsp3) is 0.796. The SMILES string of the molecule is CC/C=C\C/C=C\C/C=C\C/C=C\C/C=C\CCCCCCCCCCCCCCCCCCCCCC(=O)OCC(O)COP(=O)(O)OCC(O)COP(=O)(O)OCC(COC(=O)CCCCCCCCCCCCCCCCCCCCC/C=C\C/C=C\C/C=C\C/C=C\CCCCC)OC(=O)CCCCCCCCCCCCCCCCC. The second kappa shape index (κ2) is 95.3. The highest BCUT2D eigenvalue weighted by molar-refractivity contribution is 7.47. The molecule has 0 saturated heterocycles. The van der Waals surface area contributed by atoms with Crippen LogP contribution in [-0.2, 0) is 55.8 Å². The van der Waals surface area contributed by atoms with E-state index in [0.29, 0.717) is 19.3 Å². The molecule has 704 valence electrons. The van der Waals surface area contributed by atoms with Crippen LogP contribution in [0.2, 0.25) is 0 Å². The first-order valence-electron chi connectivity index (χ1n) is 50.2.